The van der Waals surface area contributed by atoms with Gasteiger partial charge in [0.05, 0.1) is 17.4 Å². The lowest BCUT2D eigenvalue weighted by molar-refractivity contribution is 0.0483. The summed E-state index contributed by atoms with van der Waals surface area (Å²) in [6, 6.07) is 16.3. The summed E-state index contributed by atoms with van der Waals surface area (Å²) in [4.78, 5) is 0. The van der Waals surface area contributed by atoms with E-state index in [2.05, 4.69) is 28.8 Å². The number of sulfonamides is 1. The van der Waals surface area contributed by atoms with Crippen molar-refractivity contribution in [3.8, 4) is 0 Å². The summed E-state index contributed by atoms with van der Waals surface area (Å²) in [5.41, 5.74) is 1.42. The van der Waals surface area contributed by atoms with Gasteiger partial charge in [-0.2, -0.15) is 4.31 Å². The average Bonchev–Trinajstić information content (AvgIpc) is 3.12. The molecule has 1 aliphatic heterocycles. The van der Waals surface area contributed by atoms with E-state index in [-0.39, 0.29) is 12.3 Å². The van der Waals surface area contributed by atoms with Crippen LogP contribution in [-0.2, 0) is 15.6 Å². The minimum absolute atomic E-state index is 0.121. The first kappa shape index (κ1) is 17.5. The zero-order valence-electron chi connectivity index (χ0n) is 15.1. The first-order chi connectivity index (χ1) is 12.3. The Hall–Kier alpha value is -1.89. The van der Waals surface area contributed by atoms with Gasteiger partial charge in [0.1, 0.15) is 0 Å². The van der Waals surface area contributed by atoms with Crippen LogP contribution in [0.4, 0.5) is 0 Å². The molecule has 2 aromatic carbocycles. The molecule has 0 amide bonds. The molecule has 5 nitrogen and oxygen atoms in total. The topological polar surface area (TPSA) is 62.5 Å². The van der Waals surface area contributed by atoms with Crippen LogP contribution in [0.2, 0.25) is 0 Å². The number of nitrogens with zero attached hydrogens (tertiary/aromatic N) is 2. The monoisotopic (exact) mass is 372 g/mol. The number of hydrogen-bond acceptors (Lipinski definition) is 3. The summed E-state index contributed by atoms with van der Waals surface area (Å²) in [5, 5.41) is 13.3. The van der Waals surface area contributed by atoms with Gasteiger partial charge in [-0.3, -0.25) is 0 Å². The standard InChI is InChI=1S/C20H24N2O3S/c1-20(2,19(23)14-21-12-7-13-26(21,24)25)22-17-10-5-3-8-15(17)16-9-4-6-11-18(16)22/h3-6,8-11,19,23H,7,12-14H2,1-2H3. The SMILES string of the molecule is CC(C)(C(O)CN1CCCS1(=O)=O)n1c2ccccc2c2ccccc21. The Morgan fingerprint density at radius 3 is 2.08 bits per heavy atom. The van der Waals surface area contributed by atoms with Gasteiger partial charge in [0, 0.05) is 34.9 Å². The van der Waals surface area contributed by atoms with Crippen LogP contribution >= 0.6 is 0 Å². The number of aliphatic hydroxyl groups is 1. The lowest BCUT2D eigenvalue weighted by Crippen LogP contribution is -2.47. The number of hydrogen-bond donors (Lipinski definition) is 1. The molecule has 0 bridgehead atoms. The summed E-state index contributed by atoms with van der Waals surface area (Å²) < 4.78 is 27.9. The van der Waals surface area contributed by atoms with Gasteiger partial charge in [0.15, 0.2) is 0 Å². The van der Waals surface area contributed by atoms with Crippen molar-refractivity contribution in [1.82, 2.24) is 8.87 Å². The molecule has 1 atom stereocenters. The Morgan fingerprint density at radius 1 is 1.04 bits per heavy atom. The lowest BCUT2D eigenvalue weighted by atomic mass is 9.96. The molecule has 1 aliphatic rings. The van der Waals surface area contributed by atoms with Crippen molar-refractivity contribution in [2.75, 3.05) is 18.8 Å². The second kappa shape index (κ2) is 6.08. The van der Waals surface area contributed by atoms with Crippen LogP contribution in [0.15, 0.2) is 48.5 Å². The molecule has 3 aromatic rings. The summed E-state index contributed by atoms with van der Waals surface area (Å²) >= 11 is 0. The molecular weight excluding hydrogens is 348 g/mol. The van der Waals surface area contributed by atoms with Crippen LogP contribution in [0.1, 0.15) is 20.3 Å². The molecule has 1 N–H and O–H groups in total. The normalized spacial score (nSPS) is 19.3. The summed E-state index contributed by atoms with van der Waals surface area (Å²) in [5.74, 6) is 0.176. The van der Waals surface area contributed by atoms with Crippen molar-refractivity contribution in [3.63, 3.8) is 0 Å². The maximum absolute atomic E-state index is 12.1. The average molecular weight is 372 g/mol. The Kier molecular flexibility index (Phi) is 4.10. The minimum Gasteiger partial charge on any atom is -0.389 e. The van der Waals surface area contributed by atoms with E-state index in [1.807, 2.05) is 38.1 Å². The zero-order valence-corrected chi connectivity index (χ0v) is 15.9. The van der Waals surface area contributed by atoms with Crippen LogP contribution < -0.4 is 0 Å². The first-order valence-corrected chi connectivity index (χ1v) is 10.6. The van der Waals surface area contributed by atoms with Crippen molar-refractivity contribution in [3.05, 3.63) is 48.5 Å². The minimum atomic E-state index is -3.23. The van der Waals surface area contributed by atoms with Gasteiger partial charge in [0.25, 0.3) is 0 Å². The molecule has 0 spiro atoms. The van der Waals surface area contributed by atoms with Gasteiger partial charge in [-0.15, -0.1) is 0 Å². The van der Waals surface area contributed by atoms with Crippen LogP contribution in [-0.4, -0.2) is 47.3 Å². The lowest BCUT2D eigenvalue weighted by Gasteiger charge is -2.35. The van der Waals surface area contributed by atoms with E-state index in [0.717, 1.165) is 21.8 Å². The van der Waals surface area contributed by atoms with Gasteiger partial charge < -0.3 is 9.67 Å². The highest BCUT2D eigenvalue weighted by Gasteiger charge is 2.37. The molecule has 2 heterocycles. The highest BCUT2D eigenvalue weighted by atomic mass is 32.2. The number of benzene rings is 2. The zero-order chi connectivity index (χ0) is 18.5. The molecule has 0 saturated carbocycles. The molecule has 1 saturated heterocycles. The van der Waals surface area contributed by atoms with E-state index < -0.39 is 21.7 Å². The van der Waals surface area contributed by atoms with Crippen molar-refractivity contribution in [1.29, 1.82) is 0 Å². The van der Waals surface area contributed by atoms with Gasteiger partial charge in [0.2, 0.25) is 10.0 Å². The Bertz CT molecular complexity index is 1020. The predicted octanol–water partition coefficient (Wildman–Crippen LogP) is 2.93. The fourth-order valence-electron chi connectivity index (χ4n) is 4.01. The molecule has 0 aliphatic carbocycles. The molecule has 26 heavy (non-hydrogen) atoms. The third-order valence-corrected chi connectivity index (χ3v) is 7.47. The highest BCUT2D eigenvalue weighted by Crippen LogP contribution is 2.36. The Morgan fingerprint density at radius 2 is 1.58 bits per heavy atom. The van der Waals surface area contributed by atoms with Crippen LogP contribution in [0.25, 0.3) is 21.8 Å². The summed E-state index contributed by atoms with van der Waals surface area (Å²) in [7, 11) is -3.23. The van der Waals surface area contributed by atoms with Crippen molar-refractivity contribution in [2.45, 2.75) is 31.9 Å². The number of aliphatic hydroxyl groups excluding tert-OH is 1. The van der Waals surface area contributed by atoms with E-state index in [9.17, 15) is 13.5 Å². The molecule has 1 aromatic heterocycles. The van der Waals surface area contributed by atoms with Crippen LogP contribution in [0.5, 0.6) is 0 Å². The van der Waals surface area contributed by atoms with E-state index in [4.69, 9.17) is 0 Å². The number of aromatic nitrogens is 1. The summed E-state index contributed by atoms with van der Waals surface area (Å²) in [6.45, 7) is 4.55. The second-order valence-electron chi connectivity index (χ2n) is 7.57. The van der Waals surface area contributed by atoms with E-state index in [1.54, 1.807) is 0 Å². The van der Waals surface area contributed by atoms with Crippen molar-refractivity contribution >= 4 is 31.8 Å². The highest BCUT2D eigenvalue weighted by molar-refractivity contribution is 7.89. The van der Waals surface area contributed by atoms with E-state index in [0.29, 0.717) is 13.0 Å². The molecule has 138 valence electrons. The molecular formula is C20H24N2O3S. The maximum atomic E-state index is 12.1. The van der Waals surface area contributed by atoms with Gasteiger partial charge in [-0.1, -0.05) is 36.4 Å². The quantitative estimate of drug-likeness (QED) is 0.766. The number of rotatable bonds is 4. The van der Waals surface area contributed by atoms with E-state index in [1.165, 1.54) is 4.31 Å². The van der Waals surface area contributed by atoms with Gasteiger partial charge in [-0.05, 0) is 32.4 Å². The fraction of sp³-hybridized carbons (Fsp3) is 0.400. The number of β-amino-alcohol motifs (C(OH)–C–C–N with tert-alkyl or cyclic N) is 1. The van der Waals surface area contributed by atoms with Crippen molar-refractivity contribution < 1.29 is 13.5 Å². The summed E-state index contributed by atoms with van der Waals surface area (Å²) in [6.07, 6.45) is -0.195. The third kappa shape index (κ3) is 2.64. The Balaban J connectivity index is 1.82. The van der Waals surface area contributed by atoms with Gasteiger partial charge in [-0.25, -0.2) is 8.42 Å². The van der Waals surface area contributed by atoms with Crippen LogP contribution in [0.3, 0.4) is 0 Å². The Labute approximate surface area is 153 Å². The van der Waals surface area contributed by atoms with Crippen LogP contribution in [0, 0.1) is 0 Å². The predicted molar refractivity (Wildman–Crippen MR) is 105 cm³/mol. The van der Waals surface area contributed by atoms with E-state index >= 15 is 0 Å². The fourth-order valence-corrected chi connectivity index (χ4v) is 5.53. The molecule has 0 radical (unpaired) electrons. The van der Waals surface area contributed by atoms with Gasteiger partial charge >= 0.3 is 0 Å². The van der Waals surface area contributed by atoms with Crippen molar-refractivity contribution in [2.24, 2.45) is 0 Å². The molecule has 6 heteroatoms. The largest absolute Gasteiger partial charge is 0.389 e. The molecule has 1 fully saturated rings. The second-order valence-corrected chi connectivity index (χ2v) is 9.66. The molecule has 4 rings (SSSR count). The number of para-hydroxylation sites is 2. The third-order valence-electron chi connectivity index (χ3n) is 5.55. The first-order valence-electron chi connectivity index (χ1n) is 8.97. The molecule has 1 unspecified atom stereocenters. The maximum Gasteiger partial charge on any atom is 0.214 e. The smallest absolute Gasteiger partial charge is 0.214 e. The number of fused-ring (bicyclic) bond motifs is 3.